The number of aliphatic hydroxyl groups excluding tert-OH is 1. The quantitative estimate of drug-likeness (QED) is 0.483. The fraction of sp³-hybridized carbons (Fsp3) is 0.480. The first-order valence-corrected chi connectivity index (χ1v) is 11.4. The van der Waals surface area contributed by atoms with Crippen LogP contribution in [0.25, 0.3) is 22.4 Å². The van der Waals surface area contributed by atoms with E-state index in [1.807, 2.05) is 38.1 Å². The molecule has 0 amide bonds. The number of imidazole rings is 1. The Labute approximate surface area is 194 Å². The Morgan fingerprint density at radius 2 is 1.97 bits per heavy atom. The highest BCUT2D eigenvalue weighted by Crippen LogP contribution is 2.25. The zero-order valence-electron chi connectivity index (χ0n) is 20.3. The number of hydrogen-bond acceptors (Lipinski definition) is 6. The molecule has 0 aliphatic rings. The number of rotatable bonds is 9. The first kappa shape index (κ1) is 24.7. The van der Waals surface area contributed by atoms with Crippen LogP contribution in [0, 0.1) is 12.8 Å². The molecule has 0 bridgehead atoms. The van der Waals surface area contributed by atoms with Crippen LogP contribution in [0.5, 0.6) is 0 Å². The molecule has 8 nitrogen and oxygen atoms in total. The van der Waals surface area contributed by atoms with Crippen LogP contribution in [-0.4, -0.2) is 43.9 Å². The highest BCUT2D eigenvalue weighted by atomic mass is 16.5. The van der Waals surface area contributed by atoms with Crippen LogP contribution >= 0.6 is 0 Å². The van der Waals surface area contributed by atoms with Gasteiger partial charge in [-0.2, -0.15) is 0 Å². The smallest absolute Gasteiger partial charge is 0.325 e. The summed E-state index contributed by atoms with van der Waals surface area (Å²) >= 11 is 0. The Kier molecular flexibility index (Phi) is 7.71. The Morgan fingerprint density at radius 3 is 2.58 bits per heavy atom. The third-order valence-corrected chi connectivity index (χ3v) is 5.57. The van der Waals surface area contributed by atoms with Crippen molar-refractivity contribution in [3.63, 3.8) is 0 Å². The van der Waals surface area contributed by atoms with Crippen LogP contribution in [0.2, 0.25) is 0 Å². The predicted octanol–water partition coefficient (Wildman–Crippen LogP) is 2.77. The van der Waals surface area contributed by atoms with E-state index in [0.29, 0.717) is 18.7 Å². The molecule has 1 aromatic carbocycles. The van der Waals surface area contributed by atoms with Gasteiger partial charge in [0.15, 0.2) is 0 Å². The summed E-state index contributed by atoms with van der Waals surface area (Å²) < 4.78 is 8.99. The molecule has 0 radical (unpaired) electrons. The van der Waals surface area contributed by atoms with Crippen LogP contribution in [0.3, 0.4) is 0 Å². The van der Waals surface area contributed by atoms with E-state index in [0.717, 1.165) is 34.5 Å². The molecule has 2 unspecified atom stereocenters. The molecule has 0 aliphatic heterocycles. The molecule has 0 saturated carbocycles. The van der Waals surface area contributed by atoms with Crippen molar-refractivity contribution in [1.29, 1.82) is 0 Å². The van der Waals surface area contributed by atoms with Gasteiger partial charge >= 0.3 is 5.97 Å². The fourth-order valence-electron chi connectivity index (χ4n) is 3.84. The number of aliphatic hydroxyl groups is 1. The molecular formula is C25H34N4O4. The third-order valence-electron chi connectivity index (χ3n) is 5.57. The molecule has 0 saturated heterocycles. The zero-order valence-corrected chi connectivity index (χ0v) is 20.3. The summed E-state index contributed by atoms with van der Waals surface area (Å²) in [5.41, 5.74) is 4.29. The third kappa shape index (κ3) is 5.51. The van der Waals surface area contributed by atoms with Gasteiger partial charge in [0.25, 0.3) is 5.56 Å². The molecule has 178 valence electrons. The number of fused-ring (bicyclic) bond motifs is 1. The van der Waals surface area contributed by atoms with E-state index in [1.165, 1.54) is 0 Å². The van der Waals surface area contributed by atoms with Crippen molar-refractivity contribution < 1.29 is 14.6 Å². The topological polar surface area (TPSA) is 98.4 Å². The largest absolute Gasteiger partial charge is 0.464 e. The SMILES string of the molecule is CCn1c(-c2cc(C)c(=O)n(C)c2)nc2cc(CNC(C(=O)OCC(C)C)C(C)O)ccc21. The van der Waals surface area contributed by atoms with Gasteiger partial charge in [-0.1, -0.05) is 19.9 Å². The minimum absolute atomic E-state index is 0.0224. The number of nitrogens with one attached hydrogen (secondary N) is 1. The first-order valence-electron chi connectivity index (χ1n) is 11.4. The summed E-state index contributed by atoms with van der Waals surface area (Å²) in [6.45, 7) is 10.8. The molecule has 0 aliphatic carbocycles. The van der Waals surface area contributed by atoms with Gasteiger partial charge in [0.05, 0.1) is 23.7 Å². The number of esters is 1. The van der Waals surface area contributed by atoms with E-state index in [-0.39, 0.29) is 11.5 Å². The van der Waals surface area contributed by atoms with E-state index in [1.54, 1.807) is 31.7 Å². The minimum Gasteiger partial charge on any atom is -0.464 e. The van der Waals surface area contributed by atoms with Gasteiger partial charge in [0.1, 0.15) is 11.9 Å². The maximum Gasteiger partial charge on any atom is 0.325 e. The number of ether oxygens (including phenoxy) is 1. The van der Waals surface area contributed by atoms with E-state index < -0.39 is 18.1 Å². The summed E-state index contributed by atoms with van der Waals surface area (Å²) in [5.74, 6) is 0.572. The Bertz CT molecular complexity index is 1170. The van der Waals surface area contributed by atoms with E-state index in [4.69, 9.17) is 9.72 Å². The van der Waals surface area contributed by atoms with E-state index in [2.05, 4.69) is 16.8 Å². The number of carbonyl (C=O) groups is 1. The maximum atomic E-state index is 12.4. The highest BCUT2D eigenvalue weighted by Gasteiger charge is 2.25. The van der Waals surface area contributed by atoms with E-state index >= 15 is 0 Å². The lowest BCUT2D eigenvalue weighted by Crippen LogP contribution is -2.45. The monoisotopic (exact) mass is 454 g/mol. The first-order chi connectivity index (χ1) is 15.6. The summed E-state index contributed by atoms with van der Waals surface area (Å²) in [5, 5.41) is 13.2. The molecule has 2 heterocycles. The number of pyridine rings is 1. The second kappa shape index (κ2) is 10.3. The van der Waals surface area contributed by atoms with Crippen LogP contribution < -0.4 is 10.9 Å². The number of aryl methyl sites for hydroxylation is 3. The molecule has 0 fully saturated rings. The number of carbonyl (C=O) groups excluding carboxylic acids is 1. The van der Waals surface area contributed by atoms with Crippen molar-refractivity contribution in [2.45, 2.75) is 59.9 Å². The van der Waals surface area contributed by atoms with Crippen LogP contribution in [0.15, 0.2) is 35.3 Å². The normalized spacial score (nSPS) is 13.5. The van der Waals surface area contributed by atoms with Gasteiger partial charge in [-0.05, 0) is 50.5 Å². The lowest BCUT2D eigenvalue weighted by atomic mass is 10.1. The van der Waals surface area contributed by atoms with E-state index in [9.17, 15) is 14.7 Å². The predicted molar refractivity (Wildman–Crippen MR) is 129 cm³/mol. The average Bonchev–Trinajstić information content (AvgIpc) is 3.13. The zero-order chi connectivity index (χ0) is 24.3. The molecule has 2 aromatic heterocycles. The summed E-state index contributed by atoms with van der Waals surface area (Å²) in [7, 11) is 1.74. The molecular weight excluding hydrogens is 420 g/mol. The van der Waals surface area contributed by atoms with Gasteiger partial charge in [-0.15, -0.1) is 0 Å². The van der Waals surface area contributed by atoms with Crippen molar-refractivity contribution in [3.8, 4) is 11.4 Å². The summed E-state index contributed by atoms with van der Waals surface area (Å²) in [4.78, 5) is 29.3. The lowest BCUT2D eigenvalue weighted by Gasteiger charge is -2.20. The number of benzene rings is 1. The molecule has 2 atom stereocenters. The second-order valence-electron chi connectivity index (χ2n) is 8.95. The average molecular weight is 455 g/mol. The van der Waals surface area contributed by atoms with Crippen molar-refractivity contribution >= 4 is 17.0 Å². The van der Waals surface area contributed by atoms with Gasteiger partial charge in [-0.25, -0.2) is 4.98 Å². The standard InChI is InChI=1S/C25H34N4O4/c1-7-29-21-9-8-18(12-26-22(17(5)30)25(32)33-14-15(2)3)11-20(21)27-23(29)19-10-16(4)24(31)28(6)13-19/h8-11,13,15,17,22,26,30H,7,12,14H2,1-6H3. The molecule has 3 rings (SSSR count). The highest BCUT2D eigenvalue weighted by molar-refractivity contribution is 5.81. The van der Waals surface area contributed by atoms with Crippen molar-refractivity contribution in [3.05, 3.63) is 51.9 Å². The Hall–Kier alpha value is -2.97. The number of aromatic nitrogens is 3. The summed E-state index contributed by atoms with van der Waals surface area (Å²) in [6.07, 6.45) is 0.925. The Morgan fingerprint density at radius 1 is 1.24 bits per heavy atom. The van der Waals surface area contributed by atoms with Gasteiger partial charge in [0.2, 0.25) is 0 Å². The minimum atomic E-state index is -0.882. The second-order valence-corrected chi connectivity index (χ2v) is 8.95. The van der Waals surface area contributed by atoms with Crippen LogP contribution in [0.1, 0.15) is 38.8 Å². The maximum absolute atomic E-state index is 12.4. The van der Waals surface area contributed by atoms with Crippen molar-refractivity contribution in [2.75, 3.05) is 6.61 Å². The number of hydrogen-bond donors (Lipinski definition) is 2. The molecule has 33 heavy (non-hydrogen) atoms. The molecule has 3 aromatic rings. The van der Waals surface area contributed by atoms with Gasteiger partial charge < -0.3 is 19.0 Å². The Balaban J connectivity index is 1.87. The molecule has 0 spiro atoms. The van der Waals surface area contributed by atoms with Crippen LogP contribution in [0.4, 0.5) is 0 Å². The molecule has 2 N–H and O–H groups in total. The van der Waals surface area contributed by atoms with Crippen molar-refractivity contribution in [2.24, 2.45) is 13.0 Å². The summed E-state index contributed by atoms with van der Waals surface area (Å²) in [6, 6.07) is 7.03. The van der Waals surface area contributed by atoms with Crippen LogP contribution in [-0.2, 0) is 29.7 Å². The number of nitrogens with zero attached hydrogens (tertiary/aromatic N) is 3. The van der Waals surface area contributed by atoms with Gasteiger partial charge in [0, 0.05) is 37.5 Å². The van der Waals surface area contributed by atoms with Gasteiger partial charge in [-0.3, -0.25) is 14.9 Å². The fourth-order valence-corrected chi connectivity index (χ4v) is 3.84. The lowest BCUT2D eigenvalue weighted by molar-refractivity contribution is -0.150. The molecule has 8 heteroatoms. The van der Waals surface area contributed by atoms with Crippen molar-refractivity contribution in [1.82, 2.24) is 19.4 Å².